The number of halogens is 1. The molecule has 1 rings (SSSR count). The van der Waals surface area contributed by atoms with Crippen molar-refractivity contribution in [3.05, 3.63) is 35.6 Å². The fourth-order valence-corrected chi connectivity index (χ4v) is 2.14. The van der Waals surface area contributed by atoms with Crippen LogP contribution >= 0.6 is 0 Å². The molecule has 18 heavy (non-hydrogen) atoms. The minimum absolute atomic E-state index is 0.0616. The summed E-state index contributed by atoms with van der Waals surface area (Å²) >= 11 is 0. The van der Waals surface area contributed by atoms with Crippen molar-refractivity contribution >= 4 is 15.6 Å². The number of benzene rings is 1. The van der Waals surface area contributed by atoms with Crippen molar-refractivity contribution in [1.82, 2.24) is 0 Å². The molecule has 1 aromatic rings. The van der Waals surface area contributed by atoms with Gasteiger partial charge in [0.25, 0.3) is 0 Å². The summed E-state index contributed by atoms with van der Waals surface area (Å²) < 4.78 is 35.2. The number of carbonyl (C=O) groups is 1. The molecular weight excluding hydrogens is 257 g/mol. The summed E-state index contributed by atoms with van der Waals surface area (Å²) in [5, 5.41) is 0. The fourth-order valence-electron chi connectivity index (χ4n) is 1.46. The zero-order chi connectivity index (χ0) is 13.8. The SMILES string of the molecule is CS(=O)(=O)CCC(N)C(=O)Cc1ccccc1F. The molecule has 0 bridgehead atoms. The lowest BCUT2D eigenvalue weighted by Gasteiger charge is -2.10. The summed E-state index contributed by atoms with van der Waals surface area (Å²) in [7, 11) is -3.14. The standard InChI is InChI=1S/C12H16FNO3S/c1-18(16,17)7-6-11(14)12(15)8-9-4-2-3-5-10(9)13/h2-5,11H,6-8,14H2,1H3. The maximum absolute atomic E-state index is 13.3. The van der Waals surface area contributed by atoms with Gasteiger partial charge in [-0.25, -0.2) is 12.8 Å². The van der Waals surface area contributed by atoms with Crippen molar-refractivity contribution in [2.45, 2.75) is 18.9 Å². The first-order valence-corrected chi connectivity index (χ1v) is 7.55. The summed E-state index contributed by atoms with van der Waals surface area (Å²) in [6.07, 6.45) is 1.03. The molecule has 0 spiro atoms. The Kier molecular flexibility index (Phi) is 4.98. The number of ketones is 1. The molecule has 0 aliphatic carbocycles. The second-order valence-electron chi connectivity index (χ2n) is 4.26. The molecule has 0 aliphatic heterocycles. The average molecular weight is 273 g/mol. The molecule has 2 N–H and O–H groups in total. The minimum Gasteiger partial charge on any atom is -0.321 e. The molecule has 4 nitrogen and oxygen atoms in total. The van der Waals surface area contributed by atoms with E-state index in [-0.39, 0.29) is 29.9 Å². The Hall–Kier alpha value is -1.27. The third kappa shape index (κ3) is 4.93. The summed E-state index contributed by atoms with van der Waals surface area (Å²) in [6, 6.07) is 5.07. The van der Waals surface area contributed by atoms with E-state index in [0.29, 0.717) is 0 Å². The molecule has 0 fully saturated rings. The van der Waals surface area contributed by atoms with Crippen LogP contribution in [-0.4, -0.2) is 32.3 Å². The molecule has 0 amide bonds. The Morgan fingerprint density at radius 2 is 2.00 bits per heavy atom. The number of nitrogens with two attached hydrogens (primary N) is 1. The first-order valence-electron chi connectivity index (χ1n) is 5.49. The lowest BCUT2D eigenvalue weighted by Crippen LogP contribution is -2.33. The molecule has 6 heteroatoms. The molecule has 100 valence electrons. The largest absolute Gasteiger partial charge is 0.321 e. The number of sulfone groups is 1. The second-order valence-corrected chi connectivity index (χ2v) is 6.52. The number of hydrogen-bond donors (Lipinski definition) is 1. The quantitative estimate of drug-likeness (QED) is 0.827. The molecule has 0 saturated heterocycles. The topological polar surface area (TPSA) is 77.2 Å². The van der Waals surface area contributed by atoms with Crippen LogP contribution in [0.15, 0.2) is 24.3 Å². The molecular formula is C12H16FNO3S. The molecule has 1 atom stereocenters. The summed E-state index contributed by atoms with van der Waals surface area (Å²) in [6.45, 7) is 0. The van der Waals surface area contributed by atoms with E-state index >= 15 is 0 Å². The van der Waals surface area contributed by atoms with Crippen LogP contribution in [0.3, 0.4) is 0 Å². The zero-order valence-corrected chi connectivity index (χ0v) is 10.9. The number of hydrogen-bond acceptors (Lipinski definition) is 4. The van der Waals surface area contributed by atoms with Crippen LogP contribution in [0.25, 0.3) is 0 Å². The fraction of sp³-hybridized carbons (Fsp3) is 0.417. The van der Waals surface area contributed by atoms with Crippen LogP contribution in [-0.2, 0) is 21.1 Å². The van der Waals surface area contributed by atoms with Gasteiger partial charge in [0.2, 0.25) is 0 Å². The van der Waals surface area contributed by atoms with Crippen molar-refractivity contribution in [3.63, 3.8) is 0 Å². The van der Waals surface area contributed by atoms with Gasteiger partial charge in [0.15, 0.2) is 5.78 Å². The molecule has 1 aromatic carbocycles. The normalized spacial score (nSPS) is 13.3. The number of carbonyl (C=O) groups excluding carboxylic acids is 1. The van der Waals surface area contributed by atoms with E-state index in [2.05, 4.69) is 0 Å². The Bertz CT molecular complexity index is 528. The molecule has 0 aromatic heterocycles. The van der Waals surface area contributed by atoms with Gasteiger partial charge in [-0.1, -0.05) is 18.2 Å². The second kappa shape index (κ2) is 6.06. The van der Waals surface area contributed by atoms with Gasteiger partial charge in [0.1, 0.15) is 15.7 Å². The predicted octanol–water partition coefficient (Wildman–Crippen LogP) is 0.699. The highest BCUT2D eigenvalue weighted by Gasteiger charge is 2.17. The van der Waals surface area contributed by atoms with Gasteiger partial charge in [-0.15, -0.1) is 0 Å². The summed E-state index contributed by atoms with van der Waals surface area (Å²) in [4.78, 5) is 11.7. The van der Waals surface area contributed by atoms with Gasteiger partial charge in [0, 0.05) is 12.7 Å². The van der Waals surface area contributed by atoms with Crippen molar-refractivity contribution in [2.24, 2.45) is 5.73 Å². The van der Waals surface area contributed by atoms with Crippen LogP contribution in [0.4, 0.5) is 4.39 Å². The number of rotatable bonds is 6. The molecule has 0 aliphatic rings. The Morgan fingerprint density at radius 1 is 1.39 bits per heavy atom. The third-order valence-electron chi connectivity index (χ3n) is 2.54. The monoisotopic (exact) mass is 273 g/mol. The first-order chi connectivity index (χ1) is 8.29. The highest BCUT2D eigenvalue weighted by Crippen LogP contribution is 2.09. The smallest absolute Gasteiger partial charge is 0.154 e. The van der Waals surface area contributed by atoms with E-state index < -0.39 is 21.7 Å². The van der Waals surface area contributed by atoms with E-state index in [9.17, 15) is 17.6 Å². The highest BCUT2D eigenvalue weighted by molar-refractivity contribution is 7.90. The van der Waals surface area contributed by atoms with Crippen molar-refractivity contribution in [1.29, 1.82) is 0 Å². The summed E-state index contributed by atoms with van der Waals surface area (Å²) in [5.74, 6) is -0.957. The maximum Gasteiger partial charge on any atom is 0.154 e. The third-order valence-corrected chi connectivity index (χ3v) is 3.51. The molecule has 0 saturated carbocycles. The zero-order valence-electron chi connectivity index (χ0n) is 10.1. The highest BCUT2D eigenvalue weighted by atomic mass is 32.2. The predicted molar refractivity (Wildman–Crippen MR) is 67.4 cm³/mol. The van der Waals surface area contributed by atoms with Crippen molar-refractivity contribution < 1.29 is 17.6 Å². The van der Waals surface area contributed by atoms with E-state index in [1.807, 2.05) is 0 Å². The van der Waals surface area contributed by atoms with E-state index in [0.717, 1.165) is 6.26 Å². The average Bonchev–Trinajstić information content (AvgIpc) is 2.28. The Labute approximate surface area is 106 Å². The van der Waals surface area contributed by atoms with Crippen molar-refractivity contribution in [3.8, 4) is 0 Å². The lowest BCUT2D eigenvalue weighted by molar-refractivity contribution is -0.119. The van der Waals surface area contributed by atoms with Crippen LogP contribution in [0.2, 0.25) is 0 Å². The van der Waals surface area contributed by atoms with Crippen LogP contribution in [0, 0.1) is 5.82 Å². The van der Waals surface area contributed by atoms with Crippen LogP contribution in [0.5, 0.6) is 0 Å². The minimum atomic E-state index is -3.14. The van der Waals surface area contributed by atoms with Gasteiger partial charge in [-0.2, -0.15) is 0 Å². The van der Waals surface area contributed by atoms with E-state index in [1.165, 1.54) is 18.2 Å². The van der Waals surface area contributed by atoms with E-state index in [4.69, 9.17) is 5.73 Å². The van der Waals surface area contributed by atoms with Crippen LogP contribution in [0.1, 0.15) is 12.0 Å². The molecule has 0 radical (unpaired) electrons. The molecule has 0 heterocycles. The van der Waals surface area contributed by atoms with Gasteiger partial charge in [-0.3, -0.25) is 4.79 Å². The summed E-state index contributed by atoms with van der Waals surface area (Å²) in [5.41, 5.74) is 5.86. The van der Waals surface area contributed by atoms with E-state index in [1.54, 1.807) is 6.07 Å². The van der Waals surface area contributed by atoms with Gasteiger partial charge in [-0.05, 0) is 18.1 Å². The van der Waals surface area contributed by atoms with Crippen LogP contribution < -0.4 is 5.73 Å². The Morgan fingerprint density at radius 3 is 2.56 bits per heavy atom. The van der Waals surface area contributed by atoms with Crippen molar-refractivity contribution in [2.75, 3.05) is 12.0 Å². The maximum atomic E-state index is 13.3. The number of Topliss-reactive ketones (excluding diaryl/α,β-unsaturated/α-hetero) is 1. The first kappa shape index (κ1) is 14.8. The molecule has 1 unspecified atom stereocenters. The van der Waals surface area contributed by atoms with Gasteiger partial charge >= 0.3 is 0 Å². The Balaban J connectivity index is 2.58. The van der Waals surface area contributed by atoms with Gasteiger partial charge in [0.05, 0.1) is 11.8 Å². The van der Waals surface area contributed by atoms with Gasteiger partial charge < -0.3 is 5.73 Å². The lowest BCUT2D eigenvalue weighted by atomic mass is 10.0.